The molecule has 0 amide bonds. The second kappa shape index (κ2) is 9.06. The Bertz CT molecular complexity index is 1010. The molecule has 1 aromatic heterocycles. The van der Waals surface area contributed by atoms with E-state index in [0.717, 1.165) is 60.5 Å². The Balaban J connectivity index is 1.42. The Kier molecular flexibility index (Phi) is 6.25. The van der Waals surface area contributed by atoms with Gasteiger partial charge in [0, 0.05) is 11.1 Å². The van der Waals surface area contributed by atoms with Crippen LogP contribution in [0.4, 0.5) is 5.69 Å². The molecule has 6 heteroatoms. The van der Waals surface area contributed by atoms with Crippen LogP contribution in [0.3, 0.4) is 0 Å². The summed E-state index contributed by atoms with van der Waals surface area (Å²) in [6, 6.07) is 12.5. The maximum absolute atomic E-state index is 5.58. The number of piperazine rings is 1. The normalized spacial score (nSPS) is 14.7. The van der Waals surface area contributed by atoms with Gasteiger partial charge < -0.3 is 19.3 Å². The maximum atomic E-state index is 5.58. The second-order valence-corrected chi connectivity index (χ2v) is 8.68. The molecule has 5 nitrogen and oxygen atoms in total. The number of nitrogens with zero attached hydrogens (tertiary/aromatic N) is 2. The van der Waals surface area contributed by atoms with E-state index < -0.39 is 0 Å². The van der Waals surface area contributed by atoms with Crippen LogP contribution >= 0.6 is 11.3 Å². The number of aromatic nitrogens is 1. The van der Waals surface area contributed by atoms with E-state index in [2.05, 4.69) is 42.3 Å². The lowest BCUT2D eigenvalue weighted by molar-refractivity contribution is -0.914. The topological polar surface area (TPSA) is 39.0 Å². The van der Waals surface area contributed by atoms with Crippen LogP contribution in [0.25, 0.3) is 10.6 Å². The molecule has 0 aliphatic carbocycles. The summed E-state index contributed by atoms with van der Waals surface area (Å²) in [7, 11) is 3.34. The van der Waals surface area contributed by atoms with Crippen molar-refractivity contribution in [2.45, 2.75) is 20.4 Å². The van der Waals surface area contributed by atoms with E-state index in [9.17, 15) is 0 Å². The summed E-state index contributed by atoms with van der Waals surface area (Å²) < 4.78 is 11.0. The maximum Gasteiger partial charge on any atom is 0.170 e. The summed E-state index contributed by atoms with van der Waals surface area (Å²) in [4.78, 5) is 9.03. The molecule has 0 unspecified atom stereocenters. The van der Waals surface area contributed by atoms with Gasteiger partial charge in [-0.1, -0.05) is 18.2 Å². The van der Waals surface area contributed by atoms with Gasteiger partial charge in [-0.2, -0.15) is 0 Å². The smallest absolute Gasteiger partial charge is 0.170 e. The van der Waals surface area contributed by atoms with Crippen LogP contribution in [-0.4, -0.2) is 45.4 Å². The lowest BCUT2D eigenvalue weighted by atomic mass is 10.1. The molecule has 1 N–H and O–H groups in total. The van der Waals surface area contributed by atoms with Gasteiger partial charge in [-0.15, -0.1) is 11.3 Å². The number of ether oxygens (including phenoxy) is 2. The first-order chi connectivity index (χ1) is 14.6. The van der Waals surface area contributed by atoms with Crippen molar-refractivity contribution in [2.75, 3.05) is 45.3 Å². The van der Waals surface area contributed by atoms with E-state index in [1.54, 1.807) is 30.5 Å². The third-order valence-electron chi connectivity index (χ3n) is 6.00. The number of hydrogen-bond acceptors (Lipinski definition) is 5. The number of aryl methyl sites for hydroxylation is 1. The van der Waals surface area contributed by atoms with E-state index in [0.29, 0.717) is 0 Å². The molecule has 0 atom stereocenters. The standard InChI is InChI=1S/C24H29N3O2S/c1-17-7-5-9-21(18(17)2)27-13-11-26(12-14-27)15-19-16-30-24(25-19)20-8-6-10-22(28-3)23(20)29-4/h5-10,16H,11-15H2,1-4H3/p+1. The quantitative estimate of drug-likeness (QED) is 0.659. The molecule has 0 radical (unpaired) electrons. The molecule has 0 spiro atoms. The molecule has 158 valence electrons. The Morgan fingerprint density at radius 1 is 1.03 bits per heavy atom. The Morgan fingerprint density at radius 3 is 2.53 bits per heavy atom. The van der Waals surface area contributed by atoms with Crippen LogP contribution in [0, 0.1) is 13.8 Å². The minimum atomic E-state index is 0.736. The number of hydrogen-bond donors (Lipinski definition) is 1. The van der Waals surface area contributed by atoms with Gasteiger partial charge >= 0.3 is 0 Å². The lowest BCUT2D eigenvalue weighted by Gasteiger charge is -2.34. The van der Waals surface area contributed by atoms with E-state index in [1.807, 2.05) is 18.2 Å². The Hall–Kier alpha value is -2.57. The van der Waals surface area contributed by atoms with Crippen LogP contribution in [-0.2, 0) is 6.54 Å². The van der Waals surface area contributed by atoms with Gasteiger partial charge in [-0.05, 0) is 43.2 Å². The largest absolute Gasteiger partial charge is 0.493 e. The molecular formula is C24H30N3O2S+. The molecular weight excluding hydrogens is 394 g/mol. The molecule has 1 saturated heterocycles. The summed E-state index contributed by atoms with van der Waals surface area (Å²) in [5.41, 5.74) is 6.29. The van der Waals surface area contributed by atoms with Crippen LogP contribution in [0.15, 0.2) is 41.8 Å². The number of para-hydroxylation sites is 1. The summed E-state index contributed by atoms with van der Waals surface area (Å²) in [5, 5.41) is 3.16. The van der Waals surface area contributed by atoms with Crippen molar-refractivity contribution in [3.63, 3.8) is 0 Å². The van der Waals surface area contributed by atoms with E-state index in [1.165, 1.54) is 16.8 Å². The number of nitrogens with one attached hydrogen (secondary N) is 1. The molecule has 0 saturated carbocycles. The van der Waals surface area contributed by atoms with Gasteiger partial charge in [0.1, 0.15) is 17.2 Å². The third-order valence-corrected chi connectivity index (χ3v) is 6.93. The van der Waals surface area contributed by atoms with Crippen LogP contribution in [0.5, 0.6) is 11.5 Å². The molecule has 0 bridgehead atoms. The van der Waals surface area contributed by atoms with E-state index >= 15 is 0 Å². The van der Waals surface area contributed by atoms with Crippen molar-refractivity contribution >= 4 is 17.0 Å². The average Bonchev–Trinajstić information content (AvgIpc) is 3.24. The number of rotatable bonds is 6. The van der Waals surface area contributed by atoms with Gasteiger partial charge in [-0.25, -0.2) is 4.98 Å². The highest BCUT2D eigenvalue weighted by Crippen LogP contribution is 2.38. The summed E-state index contributed by atoms with van der Waals surface area (Å²) in [5.74, 6) is 1.48. The zero-order valence-corrected chi connectivity index (χ0v) is 19.0. The van der Waals surface area contributed by atoms with Gasteiger partial charge in [0.25, 0.3) is 0 Å². The minimum absolute atomic E-state index is 0.736. The first kappa shape index (κ1) is 20.7. The Morgan fingerprint density at radius 2 is 1.80 bits per heavy atom. The molecule has 1 fully saturated rings. The van der Waals surface area contributed by atoms with Gasteiger partial charge in [-0.3, -0.25) is 0 Å². The second-order valence-electron chi connectivity index (χ2n) is 7.82. The average molecular weight is 425 g/mol. The zero-order valence-electron chi connectivity index (χ0n) is 18.2. The monoisotopic (exact) mass is 424 g/mol. The fourth-order valence-corrected chi connectivity index (χ4v) is 4.98. The molecule has 1 aliphatic rings. The predicted molar refractivity (Wildman–Crippen MR) is 123 cm³/mol. The highest BCUT2D eigenvalue weighted by atomic mass is 32.1. The SMILES string of the molecule is COc1cccc(-c2nc(C[NH+]3CCN(c4cccc(C)c4C)CC3)cs2)c1OC. The van der Waals surface area contributed by atoms with Crippen LogP contribution in [0.1, 0.15) is 16.8 Å². The van der Waals surface area contributed by atoms with Crippen molar-refractivity contribution in [1.29, 1.82) is 0 Å². The van der Waals surface area contributed by atoms with E-state index in [-0.39, 0.29) is 0 Å². The highest BCUT2D eigenvalue weighted by Gasteiger charge is 2.23. The zero-order chi connectivity index (χ0) is 21.1. The van der Waals surface area contributed by atoms with Crippen molar-refractivity contribution in [1.82, 2.24) is 4.98 Å². The number of quaternary nitrogens is 1. The Labute approximate surface area is 182 Å². The first-order valence-electron chi connectivity index (χ1n) is 10.4. The summed E-state index contributed by atoms with van der Waals surface area (Å²) in [6.45, 7) is 9.81. The molecule has 2 heterocycles. The highest BCUT2D eigenvalue weighted by molar-refractivity contribution is 7.13. The van der Waals surface area contributed by atoms with Gasteiger partial charge in [0.2, 0.25) is 0 Å². The molecule has 1 aliphatic heterocycles. The van der Waals surface area contributed by atoms with Crippen LogP contribution < -0.4 is 19.3 Å². The fourth-order valence-electron chi connectivity index (χ4n) is 4.14. The summed E-state index contributed by atoms with van der Waals surface area (Å²) in [6.07, 6.45) is 0. The lowest BCUT2D eigenvalue weighted by Crippen LogP contribution is -3.13. The number of benzene rings is 2. The molecule has 4 rings (SSSR count). The van der Waals surface area contributed by atoms with Crippen molar-refractivity contribution in [3.8, 4) is 22.1 Å². The molecule has 2 aromatic carbocycles. The van der Waals surface area contributed by atoms with Crippen molar-refractivity contribution < 1.29 is 14.4 Å². The minimum Gasteiger partial charge on any atom is -0.493 e. The summed E-state index contributed by atoms with van der Waals surface area (Å²) >= 11 is 1.67. The van der Waals surface area contributed by atoms with Crippen molar-refractivity contribution in [3.05, 3.63) is 58.6 Å². The molecule has 30 heavy (non-hydrogen) atoms. The number of thiazole rings is 1. The van der Waals surface area contributed by atoms with E-state index in [4.69, 9.17) is 14.5 Å². The van der Waals surface area contributed by atoms with Crippen molar-refractivity contribution in [2.24, 2.45) is 0 Å². The first-order valence-corrected chi connectivity index (χ1v) is 11.3. The predicted octanol–water partition coefficient (Wildman–Crippen LogP) is 3.35. The van der Waals surface area contributed by atoms with Gasteiger partial charge in [0.05, 0.1) is 46.0 Å². The number of methoxy groups -OCH3 is 2. The number of anilines is 1. The van der Waals surface area contributed by atoms with Gasteiger partial charge in [0.15, 0.2) is 11.5 Å². The van der Waals surface area contributed by atoms with Crippen LogP contribution in [0.2, 0.25) is 0 Å². The fraction of sp³-hybridized carbons (Fsp3) is 0.375. The third kappa shape index (κ3) is 4.16. The molecule has 3 aromatic rings.